The molecule has 0 radical (unpaired) electrons. The van der Waals surface area contributed by atoms with E-state index in [1.165, 1.54) is 11.1 Å². The van der Waals surface area contributed by atoms with Gasteiger partial charge < -0.3 is 20.9 Å². The van der Waals surface area contributed by atoms with Gasteiger partial charge in [-0.15, -0.1) is 0 Å². The lowest BCUT2D eigenvalue weighted by Crippen LogP contribution is -2.51. The van der Waals surface area contributed by atoms with Crippen LogP contribution in [0.1, 0.15) is 25.0 Å². The molecule has 1 aliphatic heterocycles. The van der Waals surface area contributed by atoms with E-state index >= 15 is 0 Å². The lowest BCUT2D eigenvalue weighted by Gasteiger charge is -2.27. The summed E-state index contributed by atoms with van der Waals surface area (Å²) in [5.41, 5.74) is 15.4. The molecule has 4 heteroatoms. The highest BCUT2D eigenvalue weighted by molar-refractivity contribution is 5.18. The number of hydrogen-bond acceptors (Lipinski definition) is 4. The van der Waals surface area contributed by atoms with E-state index in [0.717, 1.165) is 12.8 Å². The molecule has 2 aromatic carbocycles. The van der Waals surface area contributed by atoms with E-state index in [4.69, 9.17) is 20.9 Å². The summed E-state index contributed by atoms with van der Waals surface area (Å²) in [6.45, 7) is 3.84. The standard InChI is InChI=1S/C21H28N2O2/c1-21(2)24-19(17(22)13-15-9-5-3-6-10-15)20(25-21)18(23)14-16-11-7-4-8-12-16/h3-12,17-20H,13-14,22-23H2,1-2H3/t17-,18-,19-,20-/m0/s1. The van der Waals surface area contributed by atoms with E-state index in [-0.39, 0.29) is 24.3 Å². The fraction of sp³-hybridized carbons (Fsp3) is 0.429. The van der Waals surface area contributed by atoms with Crippen LogP contribution in [-0.4, -0.2) is 30.1 Å². The quantitative estimate of drug-likeness (QED) is 0.848. The largest absolute Gasteiger partial charge is 0.343 e. The van der Waals surface area contributed by atoms with Gasteiger partial charge in [0.15, 0.2) is 5.79 Å². The summed E-state index contributed by atoms with van der Waals surface area (Å²) in [5.74, 6) is -0.669. The first kappa shape index (κ1) is 18.1. The van der Waals surface area contributed by atoms with Crippen LogP contribution in [0.2, 0.25) is 0 Å². The van der Waals surface area contributed by atoms with Crippen molar-refractivity contribution in [3.63, 3.8) is 0 Å². The van der Waals surface area contributed by atoms with Crippen LogP contribution in [0.4, 0.5) is 0 Å². The first-order chi connectivity index (χ1) is 11.9. The Labute approximate surface area is 150 Å². The molecule has 1 saturated heterocycles. The van der Waals surface area contributed by atoms with Crippen LogP contribution in [0.5, 0.6) is 0 Å². The zero-order valence-corrected chi connectivity index (χ0v) is 15.0. The normalized spacial score (nSPS) is 24.8. The van der Waals surface area contributed by atoms with Crippen LogP contribution < -0.4 is 11.5 Å². The summed E-state index contributed by atoms with van der Waals surface area (Å²) in [5, 5.41) is 0. The number of hydrogen-bond donors (Lipinski definition) is 2. The Morgan fingerprint density at radius 3 is 1.48 bits per heavy atom. The number of nitrogens with two attached hydrogens (primary N) is 2. The van der Waals surface area contributed by atoms with Gasteiger partial charge in [0.25, 0.3) is 0 Å². The Morgan fingerprint density at radius 1 is 0.760 bits per heavy atom. The van der Waals surface area contributed by atoms with Gasteiger partial charge in [0.05, 0.1) is 0 Å². The molecule has 1 aliphatic rings. The molecule has 0 spiro atoms. The second-order valence-corrected chi connectivity index (χ2v) is 7.27. The van der Waals surface area contributed by atoms with Gasteiger partial charge in [-0.2, -0.15) is 0 Å². The van der Waals surface area contributed by atoms with Crippen LogP contribution in [0.15, 0.2) is 60.7 Å². The van der Waals surface area contributed by atoms with E-state index in [2.05, 4.69) is 24.3 Å². The molecule has 0 saturated carbocycles. The van der Waals surface area contributed by atoms with Gasteiger partial charge in [-0.25, -0.2) is 0 Å². The van der Waals surface area contributed by atoms with Crippen molar-refractivity contribution in [3.05, 3.63) is 71.8 Å². The minimum Gasteiger partial charge on any atom is -0.343 e. The maximum Gasteiger partial charge on any atom is 0.163 e. The number of benzene rings is 2. The molecule has 134 valence electrons. The highest BCUT2D eigenvalue weighted by Gasteiger charge is 2.46. The molecule has 2 aromatic rings. The first-order valence-electron chi connectivity index (χ1n) is 8.89. The molecule has 1 fully saturated rings. The van der Waals surface area contributed by atoms with Crippen LogP contribution in [0.3, 0.4) is 0 Å². The van der Waals surface area contributed by atoms with E-state index < -0.39 is 5.79 Å². The van der Waals surface area contributed by atoms with Gasteiger partial charge in [-0.05, 0) is 37.8 Å². The summed E-state index contributed by atoms with van der Waals surface area (Å²) in [6.07, 6.45) is 1.02. The third kappa shape index (κ3) is 4.67. The molecule has 0 unspecified atom stereocenters. The molecular formula is C21H28N2O2. The smallest absolute Gasteiger partial charge is 0.163 e. The van der Waals surface area contributed by atoms with E-state index in [1.807, 2.05) is 50.2 Å². The summed E-state index contributed by atoms with van der Waals surface area (Å²) >= 11 is 0. The Kier molecular flexibility index (Phi) is 5.54. The van der Waals surface area contributed by atoms with Crippen molar-refractivity contribution >= 4 is 0 Å². The fourth-order valence-electron chi connectivity index (χ4n) is 3.48. The summed E-state index contributed by atoms with van der Waals surface area (Å²) < 4.78 is 12.3. The highest BCUT2D eigenvalue weighted by Crippen LogP contribution is 2.32. The number of ether oxygens (including phenoxy) is 2. The Hall–Kier alpha value is -1.72. The maximum atomic E-state index is 6.49. The van der Waals surface area contributed by atoms with Gasteiger partial charge in [-0.3, -0.25) is 0 Å². The Morgan fingerprint density at radius 2 is 1.12 bits per heavy atom. The van der Waals surface area contributed by atoms with Crippen LogP contribution in [0.25, 0.3) is 0 Å². The lowest BCUT2D eigenvalue weighted by atomic mass is 9.92. The average molecular weight is 340 g/mol. The molecule has 4 N–H and O–H groups in total. The number of rotatable bonds is 6. The monoisotopic (exact) mass is 340 g/mol. The molecule has 3 rings (SSSR count). The van der Waals surface area contributed by atoms with Gasteiger partial charge in [-0.1, -0.05) is 60.7 Å². The predicted octanol–water partition coefficient (Wildman–Crippen LogP) is 2.65. The first-order valence-corrected chi connectivity index (χ1v) is 8.89. The van der Waals surface area contributed by atoms with E-state index in [0.29, 0.717) is 0 Å². The minimum atomic E-state index is -0.669. The maximum absolute atomic E-state index is 6.49. The molecule has 0 bridgehead atoms. The summed E-state index contributed by atoms with van der Waals surface area (Å²) in [6, 6.07) is 20.1. The fourth-order valence-corrected chi connectivity index (χ4v) is 3.48. The van der Waals surface area contributed by atoms with Crippen LogP contribution in [0, 0.1) is 0 Å². The van der Waals surface area contributed by atoms with Crippen molar-refractivity contribution in [1.29, 1.82) is 0 Å². The van der Waals surface area contributed by atoms with Crippen molar-refractivity contribution in [2.24, 2.45) is 11.5 Å². The van der Waals surface area contributed by atoms with Crippen LogP contribution >= 0.6 is 0 Å². The third-order valence-electron chi connectivity index (χ3n) is 4.64. The van der Waals surface area contributed by atoms with Gasteiger partial charge in [0, 0.05) is 12.1 Å². The SMILES string of the molecule is CC1(C)O[C@@H]([C@@H](N)Cc2ccccc2)[C@H]([C@@H](N)Cc2ccccc2)O1. The molecule has 1 heterocycles. The Bertz CT molecular complexity index is 603. The van der Waals surface area contributed by atoms with Gasteiger partial charge >= 0.3 is 0 Å². The van der Waals surface area contributed by atoms with Crippen molar-refractivity contribution in [2.45, 2.75) is 56.8 Å². The predicted molar refractivity (Wildman–Crippen MR) is 100 cm³/mol. The molecule has 4 nitrogen and oxygen atoms in total. The van der Waals surface area contributed by atoms with E-state index in [1.54, 1.807) is 0 Å². The zero-order chi connectivity index (χ0) is 17.9. The average Bonchev–Trinajstić information content (AvgIpc) is 2.93. The minimum absolute atomic E-state index is 0.170. The summed E-state index contributed by atoms with van der Waals surface area (Å²) in [7, 11) is 0. The second kappa shape index (κ2) is 7.67. The second-order valence-electron chi connectivity index (χ2n) is 7.27. The van der Waals surface area contributed by atoms with Crippen LogP contribution in [-0.2, 0) is 22.3 Å². The van der Waals surface area contributed by atoms with Crippen molar-refractivity contribution < 1.29 is 9.47 Å². The van der Waals surface area contributed by atoms with Gasteiger partial charge in [0.1, 0.15) is 12.2 Å². The van der Waals surface area contributed by atoms with Gasteiger partial charge in [0.2, 0.25) is 0 Å². The zero-order valence-electron chi connectivity index (χ0n) is 15.0. The summed E-state index contributed by atoms with van der Waals surface area (Å²) in [4.78, 5) is 0. The molecule has 0 aromatic heterocycles. The highest BCUT2D eigenvalue weighted by atomic mass is 16.8. The molecule has 0 amide bonds. The van der Waals surface area contributed by atoms with Crippen molar-refractivity contribution in [2.75, 3.05) is 0 Å². The molecule has 0 aliphatic carbocycles. The van der Waals surface area contributed by atoms with Crippen molar-refractivity contribution in [3.8, 4) is 0 Å². The van der Waals surface area contributed by atoms with E-state index in [9.17, 15) is 0 Å². The third-order valence-corrected chi connectivity index (χ3v) is 4.64. The lowest BCUT2D eigenvalue weighted by molar-refractivity contribution is -0.149. The topological polar surface area (TPSA) is 70.5 Å². The Balaban J connectivity index is 1.71. The molecule has 25 heavy (non-hydrogen) atoms. The van der Waals surface area contributed by atoms with Crippen molar-refractivity contribution in [1.82, 2.24) is 0 Å². The molecular weight excluding hydrogens is 312 g/mol. The molecule has 4 atom stereocenters.